The summed E-state index contributed by atoms with van der Waals surface area (Å²) in [5, 5.41) is 47.5. The minimum Gasteiger partial charge on any atom is -0.481 e. The van der Waals surface area contributed by atoms with Crippen LogP contribution in [0.1, 0.15) is 80.8 Å². The molecule has 2 heterocycles. The quantitative estimate of drug-likeness (QED) is 0.0428. The van der Waals surface area contributed by atoms with Crippen molar-refractivity contribution >= 4 is 81.7 Å². The van der Waals surface area contributed by atoms with Gasteiger partial charge >= 0.3 is 23.9 Å². The van der Waals surface area contributed by atoms with Gasteiger partial charge in [-0.25, -0.2) is 14.8 Å². The molecule has 340 valence electrons. The molecule has 24 nitrogen and oxygen atoms in total. The number of aromatic amines is 1. The Morgan fingerprint density at radius 3 is 1.92 bits per heavy atom. The van der Waals surface area contributed by atoms with Crippen LogP contribution in [0.25, 0.3) is 11.2 Å². The van der Waals surface area contributed by atoms with Crippen LogP contribution in [0.4, 0.5) is 11.6 Å². The van der Waals surface area contributed by atoms with Crippen molar-refractivity contribution in [1.82, 2.24) is 35.9 Å². The maximum atomic E-state index is 13.3. The van der Waals surface area contributed by atoms with Gasteiger partial charge in [-0.2, -0.15) is 4.98 Å². The van der Waals surface area contributed by atoms with Crippen LogP contribution in [0.15, 0.2) is 35.3 Å². The Balaban J connectivity index is 1.62. The predicted octanol–water partition coefficient (Wildman–Crippen LogP) is -0.582. The topological polar surface area (TPSA) is 397 Å². The summed E-state index contributed by atoms with van der Waals surface area (Å²) in [5.74, 6) is -12.8. The summed E-state index contributed by atoms with van der Waals surface area (Å²) < 4.78 is 0. The van der Waals surface area contributed by atoms with E-state index in [-0.39, 0.29) is 35.6 Å². The second kappa shape index (κ2) is 23.8. The number of nitrogen functional groups attached to an aromatic ring is 1. The van der Waals surface area contributed by atoms with Crippen LogP contribution in [0.5, 0.6) is 0 Å². The standard InChI is InChI=1S/C40H45N9O15/c1-3-5-25(29(52)13-21(15-31(55)56)37(61)47-27(16-32(57)58)28(51)4-2)45-36(60)20(14-30(53)54)12-24(50)10-11-26(39(63)64)46-35(59)19-6-8-22(9-7-19)42-17-23-18-43-34-33(44-23)38(62)49-40(41)48-34/h1,6-9,18,20-21,25-27,42H,4-5,10-17H2,2H3,(H,45,60)(H,46,59)(H,47,61)(H,53,54)(H,55,56)(H,57,58)(H,63,64)(H3,41,43,48,49,62)/t20-,21-,25-,26-,27-/m0/s1. The third kappa shape index (κ3) is 15.7. The summed E-state index contributed by atoms with van der Waals surface area (Å²) in [6.07, 6.45) is 0.742. The summed E-state index contributed by atoms with van der Waals surface area (Å²) in [6.45, 7) is 1.52. The number of amides is 3. The van der Waals surface area contributed by atoms with Crippen molar-refractivity contribution in [2.45, 2.75) is 89.4 Å². The van der Waals surface area contributed by atoms with E-state index in [1.54, 1.807) is 0 Å². The van der Waals surface area contributed by atoms with E-state index in [2.05, 4.69) is 47.1 Å². The number of hydrogen-bond donors (Lipinski definition) is 10. The van der Waals surface area contributed by atoms with Gasteiger partial charge in [0.2, 0.25) is 17.8 Å². The highest BCUT2D eigenvalue weighted by Crippen LogP contribution is 2.18. The predicted molar refractivity (Wildman–Crippen MR) is 220 cm³/mol. The number of nitrogens with one attached hydrogen (secondary N) is 5. The first-order chi connectivity index (χ1) is 30.2. The van der Waals surface area contributed by atoms with E-state index in [4.69, 9.17) is 17.3 Å². The lowest BCUT2D eigenvalue weighted by molar-refractivity contribution is -0.144. The molecule has 0 aliphatic heterocycles. The Bertz CT molecular complexity index is 2390. The van der Waals surface area contributed by atoms with Crippen molar-refractivity contribution in [2.75, 3.05) is 11.1 Å². The summed E-state index contributed by atoms with van der Waals surface area (Å²) in [7, 11) is 0. The fourth-order valence-corrected chi connectivity index (χ4v) is 6.10. The van der Waals surface area contributed by atoms with E-state index >= 15 is 0 Å². The average molecular weight is 892 g/mol. The molecule has 24 heteroatoms. The smallest absolute Gasteiger partial charge is 0.326 e. The number of carbonyl (C=O) groups excluding carboxylic acids is 6. The summed E-state index contributed by atoms with van der Waals surface area (Å²) in [6, 6.07) is 1.04. The first-order valence-electron chi connectivity index (χ1n) is 19.4. The second-order valence-corrected chi connectivity index (χ2v) is 14.3. The summed E-state index contributed by atoms with van der Waals surface area (Å²) in [5.41, 5.74) is 5.92. The number of anilines is 2. The molecule has 11 N–H and O–H groups in total. The van der Waals surface area contributed by atoms with Crippen molar-refractivity contribution < 1.29 is 68.4 Å². The molecule has 3 aromatic rings. The van der Waals surface area contributed by atoms with Gasteiger partial charge in [0, 0.05) is 43.4 Å². The molecule has 64 heavy (non-hydrogen) atoms. The highest BCUT2D eigenvalue weighted by molar-refractivity contribution is 5.98. The number of aliphatic carboxylic acids is 4. The van der Waals surface area contributed by atoms with Crippen molar-refractivity contribution in [2.24, 2.45) is 11.8 Å². The van der Waals surface area contributed by atoms with Crippen LogP contribution in [-0.2, 0) is 49.7 Å². The number of aromatic nitrogens is 4. The molecule has 0 bridgehead atoms. The Hall–Kier alpha value is -8.10. The Morgan fingerprint density at radius 1 is 0.766 bits per heavy atom. The Labute approximate surface area is 362 Å². The minimum absolute atomic E-state index is 0.0218. The molecule has 3 rings (SSSR count). The first kappa shape index (κ1) is 50.3. The van der Waals surface area contributed by atoms with Crippen molar-refractivity contribution in [3.05, 3.63) is 52.1 Å². The van der Waals surface area contributed by atoms with Crippen LogP contribution in [0.3, 0.4) is 0 Å². The summed E-state index contributed by atoms with van der Waals surface area (Å²) in [4.78, 5) is 151. The van der Waals surface area contributed by atoms with Gasteiger partial charge in [-0.15, -0.1) is 12.3 Å². The van der Waals surface area contributed by atoms with E-state index in [9.17, 15) is 68.1 Å². The fourth-order valence-electron chi connectivity index (χ4n) is 6.10. The molecule has 0 aliphatic carbocycles. The van der Waals surface area contributed by atoms with Crippen LogP contribution in [0.2, 0.25) is 0 Å². The highest BCUT2D eigenvalue weighted by Gasteiger charge is 2.34. The molecule has 0 saturated carbocycles. The number of carboxylic acids is 4. The van der Waals surface area contributed by atoms with Crippen LogP contribution in [0, 0.1) is 24.2 Å². The third-order valence-corrected chi connectivity index (χ3v) is 9.39. The summed E-state index contributed by atoms with van der Waals surface area (Å²) >= 11 is 0. The molecular formula is C40H45N9O15. The van der Waals surface area contributed by atoms with E-state index in [1.165, 1.54) is 37.4 Å². The fraction of sp³-hybridized carbons (Fsp3) is 0.400. The molecule has 0 radical (unpaired) electrons. The van der Waals surface area contributed by atoms with E-state index in [1.807, 2.05) is 0 Å². The molecule has 0 saturated heterocycles. The number of carbonyl (C=O) groups is 10. The lowest BCUT2D eigenvalue weighted by atomic mass is 9.91. The molecule has 5 atom stereocenters. The van der Waals surface area contributed by atoms with E-state index < -0.39 is 146 Å². The molecule has 0 spiro atoms. The zero-order valence-electron chi connectivity index (χ0n) is 34.1. The SMILES string of the molecule is C#CC[C@H](NC(=O)[C@H](CC(=O)O)CC(=O)CC[C@H](NC(=O)c1ccc(NCc2cnc3nc(N)[nH]c(=O)c3n2)cc1)C(=O)O)C(=O)C[C@@H](CC(=O)O)C(=O)N[C@@H](CC(=O)O)C(=O)CC. The minimum atomic E-state index is -1.66. The number of nitrogens with zero attached hydrogens (tertiary/aromatic N) is 3. The van der Waals surface area contributed by atoms with Gasteiger partial charge in [-0.05, 0) is 30.7 Å². The largest absolute Gasteiger partial charge is 0.481 e. The van der Waals surface area contributed by atoms with E-state index in [0.717, 1.165) is 0 Å². The maximum Gasteiger partial charge on any atom is 0.326 e. The Morgan fingerprint density at radius 2 is 1.36 bits per heavy atom. The molecule has 1 aromatic carbocycles. The number of benzene rings is 1. The lowest BCUT2D eigenvalue weighted by Gasteiger charge is -2.23. The monoisotopic (exact) mass is 891 g/mol. The number of nitrogens with two attached hydrogens (primary N) is 1. The van der Waals surface area contributed by atoms with Crippen LogP contribution >= 0.6 is 0 Å². The molecule has 3 amide bonds. The Kier molecular flexibility index (Phi) is 18.7. The van der Waals surface area contributed by atoms with Crippen molar-refractivity contribution in [3.8, 4) is 12.3 Å². The number of hydrogen-bond acceptors (Lipinski definition) is 16. The molecule has 2 aromatic heterocycles. The van der Waals surface area contributed by atoms with E-state index in [0.29, 0.717) is 11.4 Å². The zero-order chi connectivity index (χ0) is 47.7. The second-order valence-electron chi connectivity index (χ2n) is 14.3. The molecule has 0 aliphatic rings. The molecular weight excluding hydrogens is 846 g/mol. The van der Waals surface area contributed by atoms with Gasteiger partial charge in [-0.1, -0.05) is 6.92 Å². The number of rotatable bonds is 27. The number of fused-ring (bicyclic) bond motifs is 1. The van der Waals surface area contributed by atoms with Crippen LogP contribution < -0.4 is 32.6 Å². The number of terminal acetylenes is 1. The van der Waals surface area contributed by atoms with Gasteiger partial charge in [0.25, 0.3) is 11.5 Å². The number of ketones is 3. The van der Waals surface area contributed by atoms with Gasteiger partial charge in [0.05, 0.1) is 61.6 Å². The van der Waals surface area contributed by atoms with Gasteiger partial charge in [0.15, 0.2) is 22.7 Å². The highest BCUT2D eigenvalue weighted by atomic mass is 16.4. The van der Waals surface area contributed by atoms with Gasteiger partial charge in [-0.3, -0.25) is 52.9 Å². The van der Waals surface area contributed by atoms with Gasteiger partial charge < -0.3 is 47.4 Å². The number of Topliss-reactive ketones (excluding diaryl/α,β-unsaturated/α-hetero) is 3. The van der Waals surface area contributed by atoms with Gasteiger partial charge in [0.1, 0.15) is 11.8 Å². The lowest BCUT2D eigenvalue weighted by Crippen LogP contribution is -2.48. The first-order valence-corrected chi connectivity index (χ1v) is 19.4. The average Bonchev–Trinajstić information content (AvgIpc) is 3.22. The number of H-pyrrole nitrogens is 1. The number of carboxylic acid groups (broad SMARTS) is 4. The molecule has 0 unspecified atom stereocenters. The molecule has 0 fully saturated rings. The third-order valence-electron chi connectivity index (χ3n) is 9.39. The van der Waals surface area contributed by atoms with Crippen molar-refractivity contribution in [1.29, 1.82) is 0 Å². The van der Waals surface area contributed by atoms with Crippen LogP contribution in [-0.4, -0.2) is 117 Å². The maximum absolute atomic E-state index is 13.3. The normalized spacial score (nSPS) is 13.1. The van der Waals surface area contributed by atoms with Crippen molar-refractivity contribution in [3.63, 3.8) is 0 Å². The zero-order valence-corrected chi connectivity index (χ0v) is 34.1.